The summed E-state index contributed by atoms with van der Waals surface area (Å²) in [5, 5.41) is 14.7. The Morgan fingerprint density at radius 2 is 1.53 bits per heavy atom. The number of rotatable bonds is 9. The zero-order valence-electron chi connectivity index (χ0n) is 17.6. The highest BCUT2D eigenvalue weighted by Crippen LogP contribution is 2.17. The molecular formula is C25H24N2O5. The van der Waals surface area contributed by atoms with Crippen LogP contribution in [0, 0.1) is 0 Å². The first-order chi connectivity index (χ1) is 15.4. The van der Waals surface area contributed by atoms with E-state index in [-0.39, 0.29) is 17.9 Å². The Bertz CT molecular complexity index is 1080. The van der Waals surface area contributed by atoms with E-state index in [1.807, 2.05) is 30.3 Å². The van der Waals surface area contributed by atoms with Gasteiger partial charge in [-0.2, -0.15) is 0 Å². The molecule has 0 aliphatic carbocycles. The lowest BCUT2D eigenvalue weighted by Gasteiger charge is -2.16. The third-order valence-corrected chi connectivity index (χ3v) is 4.70. The highest BCUT2D eigenvalue weighted by molar-refractivity contribution is 6.04. The maximum atomic E-state index is 12.7. The molecule has 3 N–H and O–H groups in total. The fraction of sp³-hybridized carbons (Fsp3) is 0.160. The molecule has 7 nitrogen and oxygen atoms in total. The van der Waals surface area contributed by atoms with E-state index < -0.39 is 17.9 Å². The minimum Gasteiger partial charge on any atom is -0.489 e. The van der Waals surface area contributed by atoms with Gasteiger partial charge in [0.15, 0.2) is 0 Å². The van der Waals surface area contributed by atoms with Crippen LogP contribution in [-0.2, 0) is 22.6 Å². The van der Waals surface area contributed by atoms with E-state index >= 15 is 0 Å². The quantitative estimate of drug-likeness (QED) is 0.479. The van der Waals surface area contributed by atoms with Crippen LogP contribution in [0.4, 0.5) is 5.69 Å². The van der Waals surface area contributed by atoms with Gasteiger partial charge in [-0.3, -0.25) is 9.59 Å². The van der Waals surface area contributed by atoms with Crippen molar-refractivity contribution in [3.05, 3.63) is 95.6 Å². The zero-order valence-corrected chi connectivity index (χ0v) is 17.6. The monoisotopic (exact) mass is 432 g/mol. The van der Waals surface area contributed by atoms with E-state index in [9.17, 15) is 19.5 Å². The maximum absolute atomic E-state index is 12.7. The Balaban J connectivity index is 1.63. The third-order valence-electron chi connectivity index (χ3n) is 4.70. The van der Waals surface area contributed by atoms with Gasteiger partial charge in [-0.15, -0.1) is 0 Å². The number of aliphatic carboxylic acids is 1. The highest BCUT2D eigenvalue weighted by atomic mass is 16.5. The van der Waals surface area contributed by atoms with Crippen LogP contribution in [0.5, 0.6) is 5.75 Å². The summed E-state index contributed by atoms with van der Waals surface area (Å²) in [6.45, 7) is 1.77. The fourth-order valence-electron chi connectivity index (χ4n) is 3.11. The molecule has 0 fully saturated rings. The molecule has 3 rings (SSSR count). The van der Waals surface area contributed by atoms with Crippen LogP contribution in [0.1, 0.15) is 28.4 Å². The molecule has 0 saturated heterocycles. The molecule has 0 aliphatic heterocycles. The summed E-state index contributed by atoms with van der Waals surface area (Å²) in [5.74, 6) is -1.39. The Kier molecular flexibility index (Phi) is 7.59. The molecule has 0 radical (unpaired) electrons. The summed E-state index contributed by atoms with van der Waals surface area (Å²) in [7, 11) is 0. The molecule has 3 aromatic carbocycles. The largest absolute Gasteiger partial charge is 0.489 e. The second kappa shape index (κ2) is 10.8. The van der Waals surface area contributed by atoms with Crippen molar-refractivity contribution in [2.45, 2.75) is 26.0 Å². The van der Waals surface area contributed by atoms with E-state index in [1.165, 1.54) is 13.0 Å². The average Bonchev–Trinajstić information content (AvgIpc) is 2.78. The number of carboxylic acids is 1. The summed E-state index contributed by atoms with van der Waals surface area (Å²) in [5.41, 5.74) is 2.30. The van der Waals surface area contributed by atoms with Crippen molar-refractivity contribution < 1.29 is 24.2 Å². The van der Waals surface area contributed by atoms with Crippen LogP contribution in [0.25, 0.3) is 0 Å². The van der Waals surface area contributed by atoms with Crippen LogP contribution >= 0.6 is 0 Å². The zero-order chi connectivity index (χ0) is 22.9. The number of anilines is 1. The normalized spacial score (nSPS) is 11.3. The van der Waals surface area contributed by atoms with E-state index in [0.29, 0.717) is 18.0 Å². The van der Waals surface area contributed by atoms with Gasteiger partial charge >= 0.3 is 5.97 Å². The van der Waals surface area contributed by atoms with Crippen LogP contribution in [0.3, 0.4) is 0 Å². The number of para-hydroxylation sites is 1. The number of carboxylic acid groups (broad SMARTS) is 1. The van der Waals surface area contributed by atoms with Crippen molar-refractivity contribution in [2.24, 2.45) is 0 Å². The van der Waals surface area contributed by atoms with E-state index in [1.54, 1.807) is 42.5 Å². The number of carbonyl (C=O) groups is 3. The van der Waals surface area contributed by atoms with Crippen molar-refractivity contribution in [3.63, 3.8) is 0 Å². The predicted molar refractivity (Wildman–Crippen MR) is 121 cm³/mol. The first-order valence-corrected chi connectivity index (χ1v) is 10.1. The highest BCUT2D eigenvalue weighted by Gasteiger charge is 2.22. The molecule has 7 heteroatoms. The van der Waals surface area contributed by atoms with E-state index in [4.69, 9.17) is 4.74 Å². The lowest BCUT2D eigenvalue weighted by Crippen LogP contribution is -2.42. The minimum atomic E-state index is -1.15. The van der Waals surface area contributed by atoms with Gasteiger partial charge in [0.05, 0.1) is 11.3 Å². The van der Waals surface area contributed by atoms with Crippen molar-refractivity contribution in [2.75, 3.05) is 5.32 Å². The summed E-state index contributed by atoms with van der Waals surface area (Å²) >= 11 is 0. The lowest BCUT2D eigenvalue weighted by molar-refractivity contribution is -0.139. The van der Waals surface area contributed by atoms with Crippen LogP contribution in [0.15, 0.2) is 78.9 Å². The Morgan fingerprint density at radius 1 is 0.875 bits per heavy atom. The van der Waals surface area contributed by atoms with Gasteiger partial charge < -0.3 is 20.5 Å². The summed E-state index contributed by atoms with van der Waals surface area (Å²) in [6, 6.07) is 22.1. The molecule has 164 valence electrons. The lowest BCUT2D eigenvalue weighted by atomic mass is 10.0. The average molecular weight is 432 g/mol. The van der Waals surface area contributed by atoms with Gasteiger partial charge in [0.2, 0.25) is 5.91 Å². The summed E-state index contributed by atoms with van der Waals surface area (Å²) < 4.78 is 5.75. The molecule has 2 amide bonds. The van der Waals surface area contributed by atoms with Gasteiger partial charge in [0, 0.05) is 13.3 Å². The molecule has 0 bridgehead atoms. The first-order valence-electron chi connectivity index (χ1n) is 10.1. The van der Waals surface area contributed by atoms with Crippen LogP contribution < -0.4 is 15.4 Å². The summed E-state index contributed by atoms with van der Waals surface area (Å²) in [4.78, 5) is 35.8. The third kappa shape index (κ3) is 6.43. The van der Waals surface area contributed by atoms with Gasteiger partial charge in [0.25, 0.3) is 5.91 Å². The molecule has 1 atom stereocenters. The van der Waals surface area contributed by atoms with Gasteiger partial charge in [0.1, 0.15) is 18.4 Å². The predicted octanol–water partition coefficient (Wildman–Crippen LogP) is 3.65. The molecule has 0 saturated carbocycles. The second-order valence-corrected chi connectivity index (χ2v) is 7.21. The number of carbonyl (C=O) groups excluding carboxylic acids is 2. The van der Waals surface area contributed by atoms with Crippen molar-refractivity contribution in [1.29, 1.82) is 0 Å². The number of nitrogens with one attached hydrogen (secondary N) is 2. The molecule has 32 heavy (non-hydrogen) atoms. The van der Waals surface area contributed by atoms with Crippen molar-refractivity contribution in [3.8, 4) is 5.75 Å². The molecule has 0 aromatic heterocycles. The minimum absolute atomic E-state index is 0.0995. The molecule has 0 unspecified atom stereocenters. The van der Waals surface area contributed by atoms with Crippen LogP contribution in [0.2, 0.25) is 0 Å². The number of hydrogen-bond acceptors (Lipinski definition) is 4. The second-order valence-electron chi connectivity index (χ2n) is 7.21. The van der Waals surface area contributed by atoms with Gasteiger partial charge in [-0.05, 0) is 35.4 Å². The molecule has 0 heterocycles. The number of amides is 2. The Morgan fingerprint density at radius 3 is 2.19 bits per heavy atom. The van der Waals surface area contributed by atoms with E-state index in [2.05, 4.69) is 10.6 Å². The Hall–Kier alpha value is -4.13. The molecule has 3 aromatic rings. The molecular weight excluding hydrogens is 408 g/mol. The van der Waals surface area contributed by atoms with E-state index in [0.717, 1.165) is 11.1 Å². The Labute approximate surface area is 186 Å². The number of benzene rings is 3. The van der Waals surface area contributed by atoms with Crippen molar-refractivity contribution in [1.82, 2.24) is 5.32 Å². The fourth-order valence-corrected chi connectivity index (χ4v) is 3.11. The first kappa shape index (κ1) is 22.6. The number of hydrogen-bond donors (Lipinski definition) is 3. The van der Waals surface area contributed by atoms with Crippen LogP contribution in [-0.4, -0.2) is 28.9 Å². The van der Waals surface area contributed by atoms with Gasteiger partial charge in [-0.25, -0.2) is 4.79 Å². The molecule has 0 aliphatic rings. The number of ether oxygens (including phenoxy) is 1. The topological polar surface area (TPSA) is 105 Å². The van der Waals surface area contributed by atoms with Crippen molar-refractivity contribution >= 4 is 23.5 Å². The van der Waals surface area contributed by atoms with Gasteiger partial charge in [-0.1, -0.05) is 54.6 Å². The SMILES string of the molecule is CC(=O)Nc1ccccc1C(=O)N[C@H](Cc1ccc(OCc2ccccc2)cc1)C(=O)O. The summed E-state index contributed by atoms with van der Waals surface area (Å²) in [6.07, 6.45) is 0.0995. The smallest absolute Gasteiger partial charge is 0.326 e. The molecule has 0 spiro atoms. The maximum Gasteiger partial charge on any atom is 0.326 e. The standard InChI is InChI=1S/C25H24N2O5/c1-17(28)26-22-10-6-5-9-21(22)24(29)27-23(25(30)31)15-18-11-13-20(14-12-18)32-16-19-7-3-2-4-8-19/h2-14,23H,15-16H2,1H3,(H,26,28)(H,27,29)(H,30,31)/t23-/m1/s1.